The maximum atomic E-state index is 5.63. The average Bonchev–Trinajstić information content (AvgIpc) is 2.57. The average molecular weight is 229 g/mol. The molecular formula is C14H19N3. The summed E-state index contributed by atoms with van der Waals surface area (Å²) in [5.41, 5.74) is 10.4. The first-order valence-corrected chi connectivity index (χ1v) is 5.92. The fourth-order valence-electron chi connectivity index (χ4n) is 2.20. The third-order valence-electron chi connectivity index (χ3n) is 3.07. The van der Waals surface area contributed by atoms with Crippen molar-refractivity contribution in [2.75, 3.05) is 6.54 Å². The Labute approximate surface area is 102 Å². The van der Waals surface area contributed by atoms with E-state index < -0.39 is 0 Å². The molecule has 17 heavy (non-hydrogen) atoms. The van der Waals surface area contributed by atoms with Crippen molar-refractivity contribution in [3.05, 3.63) is 41.2 Å². The van der Waals surface area contributed by atoms with E-state index in [1.807, 2.05) is 6.92 Å². The molecule has 0 spiro atoms. The summed E-state index contributed by atoms with van der Waals surface area (Å²) >= 11 is 0. The number of nitrogens with zero attached hydrogens (tertiary/aromatic N) is 2. The lowest BCUT2D eigenvalue weighted by atomic mass is 10.1. The van der Waals surface area contributed by atoms with Gasteiger partial charge in [0.1, 0.15) is 5.82 Å². The smallest absolute Gasteiger partial charge is 0.140 e. The van der Waals surface area contributed by atoms with E-state index in [1.165, 1.54) is 16.8 Å². The van der Waals surface area contributed by atoms with E-state index in [9.17, 15) is 0 Å². The van der Waals surface area contributed by atoms with Gasteiger partial charge in [-0.25, -0.2) is 4.98 Å². The Hall–Kier alpha value is -1.61. The SMILES string of the molecule is Cc1cccc(-c2nc(C)c(CCN)n2C)c1. The third-order valence-corrected chi connectivity index (χ3v) is 3.07. The predicted molar refractivity (Wildman–Crippen MR) is 70.9 cm³/mol. The van der Waals surface area contributed by atoms with Crippen LogP contribution in [0.25, 0.3) is 11.4 Å². The van der Waals surface area contributed by atoms with Crippen molar-refractivity contribution in [3.8, 4) is 11.4 Å². The summed E-state index contributed by atoms with van der Waals surface area (Å²) in [6, 6.07) is 8.42. The van der Waals surface area contributed by atoms with Gasteiger partial charge in [0.15, 0.2) is 0 Å². The second-order valence-electron chi connectivity index (χ2n) is 4.43. The second-order valence-corrected chi connectivity index (χ2v) is 4.43. The summed E-state index contributed by atoms with van der Waals surface area (Å²) in [6.07, 6.45) is 0.876. The maximum absolute atomic E-state index is 5.63. The fourth-order valence-corrected chi connectivity index (χ4v) is 2.20. The molecule has 1 aromatic carbocycles. The molecular weight excluding hydrogens is 210 g/mol. The zero-order valence-corrected chi connectivity index (χ0v) is 10.7. The van der Waals surface area contributed by atoms with E-state index in [2.05, 4.69) is 47.8 Å². The zero-order chi connectivity index (χ0) is 12.4. The third kappa shape index (κ3) is 2.24. The standard InChI is InChI=1S/C14H19N3/c1-10-5-4-6-12(9-10)14-16-11(2)13(7-8-15)17(14)3/h4-6,9H,7-8,15H2,1-3H3. The number of imidazole rings is 1. The normalized spacial score (nSPS) is 10.8. The van der Waals surface area contributed by atoms with E-state index in [4.69, 9.17) is 5.73 Å². The molecule has 90 valence electrons. The minimum absolute atomic E-state index is 0.660. The van der Waals surface area contributed by atoms with Gasteiger partial charge in [0, 0.05) is 24.7 Å². The van der Waals surface area contributed by atoms with Crippen LogP contribution in [0.3, 0.4) is 0 Å². The molecule has 0 amide bonds. The van der Waals surface area contributed by atoms with Gasteiger partial charge in [-0.15, -0.1) is 0 Å². The Kier molecular flexibility index (Phi) is 3.29. The van der Waals surface area contributed by atoms with Crippen LogP contribution < -0.4 is 5.73 Å². The van der Waals surface area contributed by atoms with Gasteiger partial charge >= 0.3 is 0 Å². The van der Waals surface area contributed by atoms with E-state index in [0.29, 0.717) is 6.54 Å². The number of hydrogen-bond acceptors (Lipinski definition) is 2. The first kappa shape index (κ1) is 11.9. The summed E-state index contributed by atoms with van der Waals surface area (Å²) in [7, 11) is 2.06. The quantitative estimate of drug-likeness (QED) is 0.877. The molecule has 0 fully saturated rings. The largest absolute Gasteiger partial charge is 0.331 e. The molecule has 0 atom stereocenters. The molecule has 0 radical (unpaired) electrons. The summed E-state index contributed by atoms with van der Waals surface area (Å²) in [6.45, 7) is 4.80. The molecule has 0 aliphatic heterocycles. The minimum Gasteiger partial charge on any atom is -0.331 e. The first-order chi connectivity index (χ1) is 8.13. The number of nitrogens with two attached hydrogens (primary N) is 1. The van der Waals surface area contributed by atoms with Gasteiger partial charge in [0.2, 0.25) is 0 Å². The molecule has 2 N–H and O–H groups in total. The minimum atomic E-state index is 0.660. The number of hydrogen-bond donors (Lipinski definition) is 1. The molecule has 1 heterocycles. The van der Waals surface area contributed by atoms with Crippen molar-refractivity contribution in [2.24, 2.45) is 12.8 Å². The van der Waals surface area contributed by atoms with Crippen molar-refractivity contribution in [1.29, 1.82) is 0 Å². The highest BCUT2D eigenvalue weighted by atomic mass is 15.1. The van der Waals surface area contributed by atoms with Gasteiger partial charge in [-0.1, -0.05) is 23.8 Å². The Morgan fingerprint density at radius 1 is 1.29 bits per heavy atom. The van der Waals surface area contributed by atoms with Crippen LogP contribution in [-0.2, 0) is 13.5 Å². The molecule has 0 unspecified atom stereocenters. The van der Waals surface area contributed by atoms with Crippen LogP contribution in [-0.4, -0.2) is 16.1 Å². The highest BCUT2D eigenvalue weighted by molar-refractivity contribution is 5.58. The number of benzene rings is 1. The molecule has 0 bridgehead atoms. The van der Waals surface area contributed by atoms with Gasteiger partial charge in [0.25, 0.3) is 0 Å². The van der Waals surface area contributed by atoms with Gasteiger partial charge in [-0.3, -0.25) is 0 Å². The molecule has 0 saturated heterocycles. The Balaban J connectivity index is 2.50. The predicted octanol–water partition coefficient (Wildman–Crippen LogP) is 2.21. The van der Waals surface area contributed by atoms with E-state index in [-0.39, 0.29) is 0 Å². The second kappa shape index (κ2) is 4.72. The van der Waals surface area contributed by atoms with Gasteiger partial charge in [-0.2, -0.15) is 0 Å². The van der Waals surface area contributed by atoms with Crippen LogP contribution in [0.5, 0.6) is 0 Å². The Morgan fingerprint density at radius 3 is 2.71 bits per heavy atom. The van der Waals surface area contributed by atoms with Crippen LogP contribution in [0.1, 0.15) is 17.0 Å². The topological polar surface area (TPSA) is 43.8 Å². The zero-order valence-electron chi connectivity index (χ0n) is 10.7. The first-order valence-electron chi connectivity index (χ1n) is 5.92. The van der Waals surface area contributed by atoms with Crippen molar-refractivity contribution in [3.63, 3.8) is 0 Å². The lowest BCUT2D eigenvalue weighted by Crippen LogP contribution is -2.08. The highest BCUT2D eigenvalue weighted by Crippen LogP contribution is 2.22. The molecule has 3 heteroatoms. The van der Waals surface area contributed by atoms with Crippen molar-refractivity contribution in [2.45, 2.75) is 20.3 Å². The van der Waals surface area contributed by atoms with E-state index in [1.54, 1.807) is 0 Å². The van der Waals surface area contributed by atoms with Crippen LogP contribution in [0, 0.1) is 13.8 Å². The van der Waals surface area contributed by atoms with Crippen LogP contribution >= 0.6 is 0 Å². The van der Waals surface area contributed by atoms with Crippen LogP contribution in [0.4, 0.5) is 0 Å². The van der Waals surface area contributed by atoms with Crippen LogP contribution in [0.15, 0.2) is 24.3 Å². The number of aromatic nitrogens is 2. The number of aryl methyl sites for hydroxylation is 2. The van der Waals surface area contributed by atoms with Gasteiger partial charge < -0.3 is 10.3 Å². The summed E-state index contributed by atoms with van der Waals surface area (Å²) in [5.74, 6) is 1.02. The molecule has 1 aromatic heterocycles. The molecule has 0 aliphatic carbocycles. The lowest BCUT2D eigenvalue weighted by molar-refractivity contribution is 0.805. The van der Waals surface area contributed by atoms with Crippen LogP contribution in [0.2, 0.25) is 0 Å². The van der Waals surface area contributed by atoms with E-state index >= 15 is 0 Å². The molecule has 2 rings (SSSR count). The summed E-state index contributed by atoms with van der Waals surface area (Å²) in [5, 5.41) is 0. The Bertz CT molecular complexity index is 526. The highest BCUT2D eigenvalue weighted by Gasteiger charge is 2.12. The maximum Gasteiger partial charge on any atom is 0.140 e. The Morgan fingerprint density at radius 2 is 2.06 bits per heavy atom. The van der Waals surface area contributed by atoms with E-state index in [0.717, 1.165) is 17.9 Å². The molecule has 2 aromatic rings. The molecule has 3 nitrogen and oxygen atoms in total. The fraction of sp³-hybridized carbons (Fsp3) is 0.357. The molecule has 0 saturated carbocycles. The van der Waals surface area contributed by atoms with Gasteiger partial charge in [0.05, 0.1) is 5.69 Å². The van der Waals surface area contributed by atoms with Crippen molar-refractivity contribution < 1.29 is 0 Å². The monoisotopic (exact) mass is 229 g/mol. The van der Waals surface area contributed by atoms with Crippen molar-refractivity contribution in [1.82, 2.24) is 9.55 Å². The molecule has 0 aliphatic rings. The summed E-state index contributed by atoms with van der Waals surface area (Å²) in [4.78, 5) is 4.65. The van der Waals surface area contributed by atoms with Gasteiger partial charge in [-0.05, 0) is 26.5 Å². The van der Waals surface area contributed by atoms with Crippen molar-refractivity contribution >= 4 is 0 Å². The lowest BCUT2D eigenvalue weighted by Gasteiger charge is -2.06. The summed E-state index contributed by atoms with van der Waals surface area (Å²) < 4.78 is 2.15. The number of rotatable bonds is 3.